The van der Waals surface area contributed by atoms with Gasteiger partial charge in [0.25, 0.3) is 0 Å². The van der Waals surface area contributed by atoms with Gasteiger partial charge in [-0.25, -0.2) is 0 Å². The third kappa shape index (κ3) is 3.82. The van der Waals surface area contributed by atoms with E-state index in [0.717, 1.165) is 24.3 Å². The van der Waals surface area contributed by atoms with Gasteiger partial charge < -0.3 is 10.1 Å². The summed E-state index contributed by atoms with van der Waals surface area (Å²) in [4.78, 5) is 24.9. The van der Waals surface area contributed by atoms with Gasteiger partial charge in [0.15, 0.2) is 0 Å². The highest BCUT2D eigenvalue weighted by Crippen LogP contribution is 2.21. The van der Waals surface area contributed by atoms with Crippen molar-refractivity contribution < 1.29 is 14.3 Å². The minimum Gasteiger partial charge on any atom is -0.497 e. The van der Waals surface area contributed by atoms with Gasteiger partial charge >= 0.3 is 0 Å². The van der Waals surface area contributed by atoms with Gasteiger partial charge in [-0.2, -0.15) is 0 Å². The fourth-order valence-electron chi connectivity index (χ4n) is 2.45. The molecule has 1 fully saturated rings. The smallest absolute Gasteiger partial charge is 0.229 e. The number of hydrogen-bond donors (Lipinski definition) is 1. The standard InChI is InChI=1S/C16H22N2O3/c1-3-10-17-14(11-18-15(19)8-9-16(18)20)12-4-6-13(21-2)7-5-12/h4-7,14,17H,3,8-11H2,1-2H3. The first-order valence-electron chi connectivity index (χ1n) is 7.36. The van der Waals surface area contributed by atoms with Crippen LogP contribution in [-0.4, -0.2) is 36.9 Å². The summed E-state index contributed by atoms with van der Waals surface area (Å²) in [5.74, 6) is 0.648. The van der Waals surface area contributed by atoms with Crippen LogP contribution in [0.3, 0.4) is 0 Å². The lowest BCUT2D eigenvalue weighted by Gasteiger charge is -2.24. The van der Waals surface area contributed by atoms with Gasteiger partial charge in [-0.1, -0.05) is 19.1 Å². The molecule has 1 heterocycles. The molecule has 1 N–H and O–H groups in total. The van der Waals surface area contributed by atoms with Crippen LogP contribution in [0.5, 0.6) is 5.75 Å². The summed E-state index contributed by atoms with van der Waals surface area (Å²) < 4.78 is 5.16. The van der Waals surface area contributed by atoms with E-state index in [-0.39, 0.29) is 17.9 Å². The molecule has 1 atom stereocenters. The Balaban J connectivity index is 2.12. The summed E-state index contributed by atoms with van der Waals surface area (Å²) in [5, 5.41) is 3.40. The van der Waals surface area contributed by atoms with Crippen molar-refractivity contribution >= 4 is 11.8 Å². The SMILES string of the molecule is CCCNC(CN1C(=O)CCC1=O)c1ccc(OC)cc1. The van der Waals surface area contributed by atoms with Gasteiger partial charge in [-0.15, -0.1) is 0 Å². The lowest BCUT2D eigenvalue weighted by atomic mass is 10.1. The molecule has 0 aliphatic carbocycles. The molecule has 2 rings (SSSR count). The summed E-state index contributed by atoms with van der Waals surface area (Å²) in [6, 6.07) is 7.68. The zero-order valence-corrected chi connectivity index (χ0v) is 12.6. The van der Waals surface area contributed by atoms with E-state index in [1.165, 1.54) is 4.90 Å². The van der Waals surface area contributed by atoms with Gasteiger partial charge in [0.1, 0.15) is 5.75 Å². The van der Waals surface area contributed by atoms with E-state index >= 15 is 0 Å². The minimum absolute atomic E-state index is 0.0399. The number of likely N-dealkylation sites (tertiary alicyclic amines) is 1. The Hall–Kier alpha value is -1.88. The molecular formula is C16H22N2O3. The van der Waals surface area contributed by atoms with Crippen LogP contribution in [0.25, 0.3) is 0 Å². The van der Waals surface area contributed by atoms with Crippen LogP contribution in [0.15, 0.2) is 24.3 Å². The first-order valence-corrected chi connectivity index (χ1v) is 7.36. The monoisotopic (exact) mass is 290 g/mol. The predicted octanol–water partition coefficient (Wildman–Crippen LogP) is 1.88. The summed E-state index contributed by atoms with van der Waals surface area (Å²) in [5.41, 5.74) is 1.05. The number of amides is 2. The Bertz CT molecular complexity index is 483. The van der Waals surface area contributed by atoms with Gasteiger partial charge in [0, 0.05) is 19.4 Å². The molecule has 1 aliphatic heterocycles. The Morgan fingerprint density at radius 1 is 1.19 bits per heavy atom. The van der Waals surface area contributed by atoms with E-state index in [1.54, 1.807) is 7.11 Å². The number of hydrogen-bond acceptors (Lipinski definition) is 4. The molecule has 0 saturated carbocycles. The van der Waals surface area contributed by atoms with Crippen LogP contribution in [-0.2, 0) is 9.59 Å². The summed E-state index contributed by atoms with van der Waals surface area (Å²) >= 11 is 0. The number of nitrogens with one attached hydrogen (secondary N) is 1. The predicted molar refractivity (Wildman–Crippen MR) is 80.0 cm³/mol. The Kier molecular flexibility index (Phi) is 5.33. The highest BCUT2D eigenvalue weighted by Gasteiger charge is 2.31. The average molecular weight is 290 g/mol. The molecule has 0 aromatic heterocycles. The number of benzene rings is 1. The lowest BCUT2D eigenvalue weighted by Crippen LogP contribution is -2.38. The molecule has 1 unspecified atom stereocenters. The van der Waals surface area contributed by atoms with E-state index in [9.17, 15) is 9.59 Å². The van der Waals surface area contributed by atoms with Crippen molar-refractivity contribution in [2.24, 2.45) is 0 Å². The lowest BCUT2D eigenvalue weighted by molar-refractivity contribution is -0.138. The highest BCUT2D eigenvalue weighted by molar-refractivity contribution is 6.01. The summed E-state index contributed by atoms with van der Waals surface area (Å²) in [6.45, 7) is 3.32. The molecule has 0 bridgehead atoms. The van der Waals surface area contributed by atoms with Gasteiger partial charge in [-0.05, 0) is 30.7 Å². The van der Waals surface area contributed by atoms with Crippen LogP contribution in [0, 0.1) is 0 Å². The molecule has 1 aromatic carbocycles. The van der Waals surface area contributed by atoms with E-state index < -0.39 is 0 Å². The largest absolute Gasteiger partial charge is 0.497 e. The number of imide groups is 1. The van der Waals surface area contributed by atoms with Crippen molar-refractivity contribution in [1.29, 1.82) is 0 Å². The van der Waals surface area contributed by atoms with Crippen molar-refractivity contribution in [3.05, 3.63) is 29.8 Å². The van der Waals surface area contributed by atoms with Gasteiger partial charge in [0.2, 0.25) is 11.8 Å². The molecule has 1 saturated heterocycles. The van der Waals surface area contributed by atoms with Crippen molar-refractivity contribution in [1.82, 2.24) is 10.2 Å². The maximum Gasteiger partial charge on any atom is 0.229 e. The molecule has 0 radical (unpaired) electrons. The normalized spacial score (nSPS) is 16.4. The zero-order chi connectivity index (χ0) is 15.2. The first-order chi connectivity index (χ1) is 10.2. The van der Waals surface area contributed by atoms with Crippen LogP contribution < -0.4 is 10.1 Å². The molecule has 1 aliphatic rings. The van der Waals surface area contributed by atoms with Gasteiger partial charge in [-0.3, -0.25) is 14.5 Å². The molecule has 114 valence electrons. The first kappa shape index (κ1) is 15.5. The molecule has 5 nitrogen and oxygen atoms in total. The van der Waals surface area contributed by atoms with E-state index in [1.807, 2.05) is 24.3 Å². The second kappa shape index (κ2) is 7.22. The fourth-order valence-corrected chi connectivity index (χ4v) is 2.45. The third-order valence-corrected chi connectivity index (χ3v) is 3.68. The number of methoxy groups -OCH3 is 1. The van der Waals surface area contributed by atoms with E-state index in [2.05, 4.69) is 12.2 Å². The zero-order valence-electron chi connectivity index (χ0n) is 12.6. The number of nitrogens with zero attached hydrogens (tertiary/aromatic N) is 1. The van der Waals surface area contributed by atoms with Crippen molar-refractivity contribution in [2.45, 2.75) is 32.2 Å². The van der Waals surface area contributed by atoms with Crippen molar-refractivity contribution in [3.63, 3.8) is 0 Å². The summed E-state index contributed by atoms with van der Waals surface area (Å²) in [6.07, 6.45) is 1.67. The summed E-state index contributed by atoms with van der Waals surface area (Å²) in [7, 11) is 1.63. The molecular weight excluding hydrogens is 268 g/mol. The Labute approximate surface area is 125 Å². The highest BCUT2D eigenvalue weighted by atomic mass is 16.5. The van der Waals surface area contributed by atoms with Crippen LogP contribution >= 0.6 is 0 Å². The fraction of sp³-hybridized carbons (Fsp3) is 0.500. The average Bonchev–Trinajstić information content (AvgIpc) is 2.83. The second-order valence-electron chi connectivity index (χ2n) is 5.18. The second-order valence-corrected chi connectivity index (χ2v) is 5.18. The topological polar surface area (TPSA) is 58.6 Å². The number of carbonyl (C=O) groups excluding carboxylic acids is 2. The minimum atomic E-state index is -0.0724. The maximum atomic E-state index is 11.8. The Morgan fingerprint density at radius 2 is 1.81 bits per heavy atom. The quantitative estimate of drug-likeness (QED) is 0.779. The van der Waals surface area contributed by atoms with Crippen molar-refractivity contribution in [2.75, 3.05) is 20.2 Å². The molecule has 0 spiro atoms. The van der Waals surface area contributed by atoms with Crippen LogP contribution in [0.1, 0.15) is 37.8 Å². The maximum absolute atomic E-state index is 11.8. The number of ether oxygens (including phenoxy) is 1. The third-order valence-electron chi connectivity index (χ3n) is 3.68. The Morgan fingerprint density at radius 3 is 2.33 bits per heavy atom. The molecule has 21 heavy (non-hydrogen) atoms. The molecule has 5 heteroatoms. The van der Waals surface area contributed by atoms with Crippen LogP contribution in [0.2, 0.25) is 0 Å². The molecule has 1 aromatic rings. The van der Waals surface area contributed by atoms with Gasteiger partial charge in [0.05, 0.1) is 13.2 Å². The number of carbonyl (C=O) groups is 2. The van der Waals surface area contributed by atoms with Crippen molar-refractivity contribution in [3.8, 4) is 5.75 Å². The number of rotatable bonds is 7. The van der Waals surface area contributed by atoms with E-state index in [4.69, 9.17) is 4.74 Å². The molecule has 2 amide bonds. The van der Waals surface area contributed by atoms with Crippen LogP contribution in [0.4, 0.5) is 0 Å². The van der Waals surface area contributed by atoms with E-state index in [0.29, 0.717) is 19.4 Å².